The van der Waals surface area contributed by atoms with Crippen LogP contribution in [0.1, 0.15) is 20.8 Å². The smallest absolute Gasteiger partial charge is 0.283 e. The number of phenolic OH excluding ortho intramolecular Hbond substituents is 1. The Balaban J connectivity index is 1.77. The van der Waals surface area contributed by atoms with Crippen LogP contribution in [-0.2, 0) is 0 Å². The van der Waals surface area contributed by atoms with E-state index >= 15 is 0 Å². The zero-order valence-corrected chi connectivity index (χ0v) is 15.1. The molecular weight excluding hydrogens is 360 g/mol. The second-order valence-electron chi connectivity index (χ2n) is 5.38. The molecule has 0 atom stereocenters. The van der Waals surface area contributed by atoms with Gasteiger partial charge in [-0.1, -0.05) is 23.7 Å². The molecule has 25 heavy (non-hydrogen) atoms. The Hall–Kier alpha value is -2.57. The number of rotatable bonds is 4. The van der Waals surface area contributed by atoms with E-state index in [-0.39, 0.29) is 11.7 Å². The third-order valence-corrected chi connectivity index (χ3v) is 5.23. The van der Waals surface area contributed by atoms with Crippen LogP contribution in [0.5, 0.6) is 11.5 Å². The molecule has 1 heterocycles. The zero-order valence-electron chi connectivity index (χ0n) is 13.5. The first-order valence-corrected chi connectivity index (χ1v) is 8.58. The second kappa shape index (κ2) is 7.13. The number of methoxy groups -OCH3 is 1. The minimum absolute atomic E-state index is 0.0380. The van der Waals surface area contributed by atoms with E-state index < -0.39 is 0 Å². The lowest BCUT2D eigenvalue weighted by Crippen LogP contribution is -2.16. The van der Waals surface area contributed by atoms with E-state index in [0.29, 0.717) is 21.2 Å². The van der Waals surface area contributed by atoms with Crippen molar-refractivity contribution in [1.29, 1.82) is 0 Å². The fourth-order valence-electron chi connectivity index (χ4n) is 2.31. The molecule has 0 aliphatic rings. The van der Waals surface area contributed by atoms with Crippen LogP contribution in [0.25, 0.3) is 10.1 Å². The number of aryl methyl sites for hydroxylation is 1. The molecule has 5 nitrogen and oxygen atoms in total. The fraction of sp³-hybridized carbons (Fsp3) is 0.111. The number of aromatic hydroxyl groups is 1. The van der Waals surface area contributed by atoms with Gasteiger partial charge in [-0.15, -0.1) is 11.3 Å². The van der Waals surface area contributed by atoms with Gasteiger partial charge in [-0.05, 0) is 42.3 Å². The lowest BCUT2D eigenvalue weighted by molar-refractivity contribution is 0.0959. The van der Waals surface area contributed by atoms with Crippen LogP contribution in [0, 0.1) is 6.92 Å². The quantitative estimate of drug-likeness (QED) is 0.527. The second-order valence-corrected chi connectivity index (χ2v) is 6.81. The van der Waals surface area contributed by atoms with Gasteiger partial charge in [0.15, 0.2) is 11.5 Å². The van der Waals surface area contributed by atoms with Gasteiger partial charge in [0, 0.05) is 10.1 Å². The molecule has 0 fully saturated rings. The summed E-state index contributed by atoms with van der Waals surface area (Å²) in [6, 6.07) is 10.6. The molecule has 0 unspecified atom stereocenters. The summed E-state index contributed by atoms with van der Waals surface area (Å²) < 4.78 is 5.99. The first-order chi connectivity index (χ1) is 12.0. The van der Waals surface area contributed by atoms with E-state index in [1.165, 1.54) is 30.7 Å². The number of hydrazone groups is 1. The molecule has 1 aromatic heterocycles. The highest BCUT2D eigenvalue weighted by Gasteiger charge is 2.16. The van der Waals surface area contributed by atoms with Crippen LogP contribution in [0.3, 0.4) is 0 Å². The molecule has 0 saturated heterocycles. The van der Waals surface area contributed by atoms with E-state index in [2.05, 4.69) is 10.5 Å². The Morgan fingerprint density at radius 2 is 2.12 bits per heavy atom. The number of ether oxygens (including phenoxy) is 1. The average molecular weight is 375 g/mol. The zero-order chi connectivity index (χ0) is 18.0. The maximum absolute atomic E-state index is 12.3. The molecule has 0 spiro atoms. The molecule has 7 heteroatoms. The molecule has 128 valence electrons. The maximum Gasteiger partial charge on any atom is 0.283 e. The minimum atomic E-state index is -0.370. The van der Waals surface area contributed by atoms with E-state index in [1.54, 1.807) is 12.1 Å². The van der Waals surface area contributed by atoms with Crippen LogP contribution in [0.15, 0.2) is 41.5 Å². The van der Waals surface area contributed by atoms with Crippen LogP contribution in [-0.4, -0.2) is 24.3 Å². The van der Waals surface area contributed by atoms with Crippen molar-refractivity contribution in [3.05, 3.63) is 57.4 Å². The predicted molar refractivity (Wildman–Crippen MR) is 101 cm³/mol. The summed E-state index contributed by atoms with van der Waals surface area (Å²) in [6.07, 6.45) is 1.46. The van der Waals surface area contributed by atoms with Gasteiger partial charge in [0.2, 0.25) is 0 Å². The van der Waals surface area contributed by atoms with Gasteiger partial charge < -0.3 is 9.84 Å². The number of amides is 1. The van der Waals surface area contributed by atoms with Crippen molar-refractivity contribution in [3.8, 4) is 11.5 Å². The molecule has 0 aliphatic heterocycles. The minimum Gasteiger partial charge on any atom is -0.504 e. The number of carbonyl (C=O) groups is 1. The number of thiophene rings is 1. The van der Waals surface area contributed by atoms with Crippen molar-refractivity contribution >= 4 is 45.1 Å². The van der Waals surface area contributed by atoms with Gasteiger partial charge in [-0.2, -0.15) is 5.10 Å². The Bertz CT molecular complexity index is 982. The van der Waals surface area contributed by atoms with E-state index in [0.717, 1.165) is 15.6 Å². The molecule has 2 N–H and O–H groups in total. The Kier molecular flexibility index (Phi) is 4.92. The first-order valence-electron chi connectivity index (χ1n) is 7.38. The summed E-state index contributed by atoms with van der Waals surface area (Å²) in [6.45, 7) is 1.99. The average Bonchev–Trinajstić information content (AvgIpc) is 2.92. The van der Waals surface area contributed by atoms with Crippen LogP contribution in [0.2, 0.25) is 5.02 Å². The van der Waals surface area contributed by atoms with Gasteiger partial charge in [-0.3, -0.25) is 4.79 Å². The summed E-state index contributed by atoms with van der Waals surface area (Å²) in [5.74, 6) is 0.0000741. The topological polar surface area (TPSA) is 70.9 Å². The van der Waals surface area contributed by atoms with E-state index in [1.807, 2.05) is 25.1 Å². The van der Waals surface area contributed by atoms with Gasteiger partial charge in [-0.25, -0.2) is 5.43 Å². The number of hydrogen-bond donors (Lipinski definition) is 2. The highest BCUT2D eigenvalue weighted by atomic mass is 35.5. The summed E-state index contributed by atoms with van der Waals surface area (Å²) in [4.78, 5) is 12.7. The van der Waals surface area contributed by atoms with Crippen LogP contribution in [0.4, 0.5) is 0 Å². The highest BCUT2D eigenvalue weighted by molar-refractivity contribution is 7.21. The summed E-state index contributed by atoms with van der Waals surface area (Å²) in [5.41, 5.74) is 4.25. The Morgan fingerprint density at radius 1 is 1.32 bits per heavy atom. The largest absolute Gasteiger partial charge is 0.504 e. The molecule has 1 amide bonds. The van der Waals surface area contributed by atoms with Gasteiger partial charge >= 0.3 is 0 Å². The number of hydrogen-bond acceptors (Lipinski definition) is 5. The number of phenols is 1. The molecule has 0 saturated carbocycles. The number of nitrogens with one attached hydrogen (secondary N) is 1. The van der Waals surface area contributed by atoms with Crippen LogP contribution >= 0.6 is 22.9 Å². The van der Waals surface area contributed by atoms with E-state index in [4.69, 9.17) is 16.3 Å². The molecule has 3 aromatic rings. The monoisotopic (exact) mass is 374 g/mol. The molecule has 0 aliphatic carbocycles. The fourth-order valence-corrected chi connectivity index (χ4v) is 3.81. The van der Waals surface area contributed by atoms with Crippen molar-refractivity contribution in [2.75, 3.05) is 7.11 Å². The SMILES string of the molecule is COc1cc(C=NNC(=O)c2sc3cc(C)ccc3c2Cl)ccc1O. The highest BCUT2D eigenvalue weighted by Crippen LogP contribution is 2.35. The van der Waals surface area contributed by atoms with Crippen molar-refractivity contribution in [3.63, 3.8) is 0 Å². The third-order valence-electron chi connectivity index (χ3n) is 3.57. The molecule has 0 bridgehead atoms. The lowest BCUT2D eigenvalue weighted by Gasteiger charge is -2.03. The normalized spacial score (nSPS) is 11.2. The van der Waals surface area contributed by atoms with E-state index in [9.17, 15) is 9.90 Å². The van der Waals surface area contributed by atoms with Crippen LogP contribution < -0.4 is 10.2 Å². The van der Waals surface area contributed by atoms with Crippen molar-refractivity contribution in [2.45, 2.75) is 6.92 Å². The van der Waals surface area contributed by atoms with Crippen molar-refractivity contribution in [1.82, 2.24) is 5.43 Å². The molecule has 2 aromatic carbocycles. The molecular formula is C18H15ClN2O3S. The summed E-state index contributed by atoms with van der Waals surface area (Å²) in [5, 5.41) is 14.8. The Labute approximate surface area is 153 Å². The molecule has 0 radical (unpaired) electrons. The first kappa shape index (κ1) is 17.3. The lowest BCUT2D eigenvalue weighted by atomic mass is 10.2. The van der Waals surface area contributed by atoms with Crippen molar-refractivity contribution in [2.24, 2.45) is 5.10 Å². The summed E-state index contributed by atoms with van der Waals surface area (Å²) >= 11 is 7.64. The number of nitrogens with zero attached hydrogens (tertiary/aromatic N) is 1. The third kappa shape index (κ3) is 3.60. The maximum atomic E-state index is 12.3. The number of fused-ring (bicyclic) bond motifs is 1. The summed E-state index contributed by atoms with van der Waals surface area (Å²) in [7, 11) is 1.46. The van der Waals surface area contributed by atoms with Gasteiger partial charge in [0.25, 0.3) is 5.91 Å². The number of carbonyl (C=O) groups excluding carboxylic acids is 1. The predicted octanol–water partition coefficient (Wildman–Crippen LogP) is 4.34. The van der Waals surface area contributed by atoms with Gasteiger partial charge in [0.1, 0.15) is 4.88 Å². The van der Waals surface area contributed by atoms with Crippen molar-refractivity contribution < 1.29 is 14.6 Å². The number of halogens is 1. The molecule has 3 rings (SSSR count). The standard InChI is InChI=1S/C18H15ClN2O3S/c1-10-3-5-12-15(7-10)25-17(16(12)19)18(23)21-20-9-11-4-6-13(22)14(8-11)24-2/h3-9,22H,1-2H3,(H,21,23). The Morgan fingerprint density at radius 3 is 2.88 bits per heavy atom. The van der Waals surface area contributed by atoms with Gasteiger partial charge in [0.05, 0.1) is 18.3 Å². The number of benzene rings is 2.